The van der Waals surface area contributed by atoms with Crippen molar-refractivity contribution >= 4 is 22.3 Å². The standard InChI is InChI=1S/C46H40N2/c1-33(47-45(40-17-9-5-10-18-40)48-34(2)46(3)31-13-6-14-32-46)35-21-25-38(26-22-35)41-29-30-42(44-20-12-11-19-43(41)44)39-27-23-37(24-28-39)36-15-7-4-8-16-36/h4-25,27-31,38H,1,26,32H2,2-3H3. The minimum absolute atomic E-state index is 0.132. The molecule has 7 rings (SSSR count). The van der Waals surface area contributed by atoms with Gasteiger partial charge in [-0.3, -0.25) is 0 Å². The lowest BCUT2D eigenvalue weighted by Crippen LogP contribution is -2.24. The van der Waals surface area contributed by atoms with Crippen LogP contribution in [-0.2, 0) is 0 Å². The SMILES string of the molecule is C=C(N=C(N=C(C)C1(C)C=CC=CC1)c1ccccc1)C1=CCC(c2ccc(-c3ccc(-c4ccccc4)cc3)c3ccccc23)C=C1. The molecule has 234 valence electrons. The molecule has 0 radical (unpaired) electrons. The molecule has 0 bridgehead atoms. The predicted molar refractivity (Wildman–Crippen MR) is 206 cm³/mol. The third-order valence-electron chi connectivity index (χ3n) is 9.72. The maximum atomic E-state index is 5.10. The van der Waals surface area contributed by atoms with Crippen molar-refractivity contribution in [3.05, 3.63) is 193 Å². The molecule has 0 saturated heterocycles. The van der Waals surface area contributed by atoms with Crippen LogP contribution in [0.1, 0.15) is 43.7 Å². The lowest BCUT2D eigenvalue weighted by atomic mass is 9.80. The highest BCUT2D eigenvalue weighted by Gasteiger charge is 2.25. The molecule has 0 aromatic heterocycles. The van der Waals surface area contributed by atoms with Crippen LogP contribution in [0.4, 0.5) is 0 Å². The van der Waals surface area contributed by atoms with E-state index in [2.05, 4.69) is 166 Å². The molecule has 5 aromatic carbocycles. The molecular formula is C46H40N2. The van der Waals surface area contributed by atoms with Crippen LogP contribution in [0.3, 0.4) is 0 Å². The Kier molecular flexibility index (Phi) is 8.81. The molecule has 5 aromatic rings. The highest BCUT2D eigenvalue weighted by molar-refractivity contribution is 6.08. The van der Waals surface area contributed by atoms with Gasteiger partial charge in [-0.25, -0.2) is 9.98 Å². The van der Waals surface area contributed by atoms with E-state index in [1.807, 2.05) is 18.2 Å². The van der Waals surface area contributed by atoms with Crippen LogP contribution in [0.2, 0.25) is 0 Å². The van der Waals surface area contributed by atoms with Crippen molar-refractivity contribution in [1.29, 1.82) is 0 Å². The highest BCUT2D eigenvalue weighted by Crippen LogP contribution is 2.38. The molecule has 2 unspecified atom stereocenters. The molecule has 0 amide bonds. The minimum atomic E-state index is -0.132. The van der Waals surface area contributed by atoms with Crippen molar-refractivity contribution in [3.63, 3.8) is 0 Å². The number of benzene rings is 5. The Labute approximate surface area is 284 Å². The first-order valence-electron chi connectivity index (χ1n) is 16.8. The third kappa shape index (κ3) is 6.48. The van der Waals surface area contributed by atoms with E-state index in [1.165, 1.54) is 38.6 Å². The van der Waals surface area contributed by atoms with Crippen LogP contribution in [-0.4, -0.2) is 11.5 Å². The molecule has 48 heavy (non-hydrogen) atoms. The molecule has 2 atom stereocenters. The van der Waals surface area contributed by atoms with Crippen LogP contribution in [0.15, 0.2) is 192 Å². The molecule has 0 spiro atoms. The Balaban J connectivity index is 1.14. The summed E-state index contributed by atoms with van der Waals surface area (Å²) in [5.74, 6) is 0.960. The Morgan fingerprint density at radius 2 is 1.38 bits per heavy atom. The van der Waals surface area contributed by atoms with E-state index in [9.17, 15) is 0 Å². The number of nitrogens with zero attached hydrogens (tertiary/aromatic N) is 2. The van der Waals surface area contributed by atoms with Crippen molar-refractivity contribution < 1.29 is 0 Å². The van der Waals surface area contributed by atoms with Crippen molar-refractivity contribution in [2.75, 3.05) is 0 Å². The molecular weight excluding hydrogens is 581 g/mol. The molecule has 0 N–H and O–H groups in total. The molecule has 0 fully saturated rings. The predicted octanol–water partition coefficient (Wildman–Crippen LogP) is 12.1. The van der Waals surface area contributed by atoms with Crippen molar-refractivity contribution in [2.24, 2.45) is 15.4 Å². The Morgan fingerprint density at radius 3 is 2.06 bits per heavy atom. The first-order valence-corrected chi connectivity index (χ1v) is 16.8. The lowest BCUT2D eigenvalue weighted by Gasteiger charge is -2.26. The maximum Gasteiger partial charge on any atom is 0.159 e. The largest absolute Gasteiger partial charge is 0.237 e. The highest BCUT2D eigenvalue weighted by atomic mass is 14.9. The van der Waals surface area contributed by atoms with Gasteiger partial charge in [0.25, 0.3) is 0 Å². The number of hydrogen-bond acceptors (Lipinski definition) is 1. The van der Waals surface area contributed by atoms with Gasteiger partial charge in [-0.1, -0.05) is 177 Å². The van der Waals surface area contributed by atoms with Gasteiger partial charge in [0.1, 0.15) is 0 Å². The van der Waals surface area contributed by atoms with Gasteiger partial charge in [0.15, 0.2) is 5.84 Å². The van der Waals surface area contributed by atoms with Gasteiger partial charge in [0, 0.05) is 22.6 Å². The fourth-order valence-electron chi connectivity index (χ4n) is 6.65. The van der Waals surface area contributed by atoms with Crippen LogP contribution >= 0.6 is 0 Å². The van der Waals surface area contributed by atoms with Crippen LogP contribution in [0, 0.1) is 5.41 Å². The molecule has 0 aliphatic heterocycles. The fourth-order valence-corrected chi connectivity index (χ4v) is 6.65. The summed E-state index contributed by atoms with van der Waals surface area (Å²) in [5.41, 5.74) is 9.93. The molecule has 2 heteroatoms. The molecule has 2 aliphatic rings. The second-order valence-electron chi connectivity index (χ2n) is 12.9. The monoisotopic (exact) mass is 620 g/mol. The maximum absolute atomic E-state index is 5.10. The van der Waals surface area contributed by atoms with E-state index in [-0.39, 0.29) is 11.3 Å². The smallest absolute Gasteiger partial charge is 0.159 e. The van der Waals surface area contributed by atoms with E-state index in [0.717, 1.165) is 35.4 Å². The van der Waals surface area contributed by atoms with Crippen molar-refractivity contribution in [1.82, 2.24) is 0 Å². The Morgan fingerprint density at radius 1 is 0.708 bits per heavy atom. The van der Waals surface area contributed by atoms with Gasteiger partial charge in [0.2, 0.25) is 0 Å². The number of hydrogen-bond donors (Lipinski definition) is 0. The van der Waals surface area contributed by atoms with Crippen molar-refractivity contribution in [2.45, 2.75) is 32.6 Å². The normalized spacial score (nSPS) is 19.4. The van der Waals surface area contributed by atoms with E-state index >= 15 is 0 Å². The van der Waals surface area contributed by atoms with Crippen LogP contribution < -0.4 is 0 Å². The topological polar surface area (TPSA) is 24.7 Å². The number of rotatable bonds is 7. The summed E-state index contributed by atoms with van der Waals surface area (Å²) in [6.45, 7) is 8.73. The number of aliphatic imine (C=N–C) groups is 2. The molecule has 2 aliphatic carbocycles. The average Bonchev–Trinajstić information content (AvgIpc) is 3.15. The second kappa shape index (κ2) is 13.6. The van der Waals surface area contributed by atoms with E-state index in [4.69, 9.17) is 9.98 Å². The molecule has 2 nitrogen and oxygen atoms in total. The number of fused-ring (bicyclic) bond motifs is 1. The van der Waals surface area contributed by atoms with Crippen LogP contribution in [0.5, 0.6) is 0 Å². The minimum Gasteiger partial charge on any atom is -0.237 e. The molecule has 0 heterocycles. The Hall–Kier alpha value is -5.60. The summed E-state index contributed by atoms with van der Waals surface area (Å²) in [4.78, 5) is 10.1. The summed E-state index contributed by atoms with van der Waals surface area (Å²) in [6, 6.07) is 43.1. The summed E-state index contributed by atoms with van der Waals surface area (Å²) >= 11 is 0. The third-order valence-corrected chi connectivity index (χ3v) is 9.72. The van der Waals surface area contributed by atoms with Gasteiger partial charge < -0.3 is 0 Å². The van der Waals surface area contributed by atoms with Gasteiger partial charge in [-0.05, 0) is 63.9 Å². The van der Waals surface area contributed by atoms with Gasteiger partial charge >= 0.3 is 0 Å². The van der Waals surface area contributed by atoms with E-state index in [1.54, 1.807) is 0 Å². The second-order valence-corrected chi connectivity index (χ2v) is 12.9. The zero-order valence-corrected chi connectivity index (χ0v) is 27.7. The van der Waals surface area contributed by atoms with E-state index in [0.29, 0.717) is 5.84 Å². The first kappa shape index (κ1) is 31.0. The van der Waals surface area contributed by atoms with Gasteiger partial charge in [0.05, 0.1) is 5.70 Å². The lowest BCUT2D eigenvalue weighted by molar-refractivity contribution is 0.599. The zero-order valence-electron chi connectivity index (χ0n) is 27.7. The Bertz CT molecular complexity index is 2140. The van der Waals surface area contributed by atoms with Crippen LogP contribution in [0.25, 0.3) is 33.0 Å². The van der Waals surface area contributed by atoms with Gasteiger partial charge in [-0.2, -0.15) is 0 Å². The van der Waals surface area contributed by atoms with E-state index < -0.39 is 0 Å². The summed E-state index contributed by atoms with van der Waals surface area (Å²) in [5, 5.41) is 2.57. The molecule has 0 saturated carbocycles. The fraction of sp³-hybridized carbons (Fsp3) is 0.130. The number of allylic oxidation sites excluding steroid dienone is 7. The number of amidine groups is 1. The quantitative estimate of drug-likeness (QED) is 0.128. The zero-order chi connectivity index (χ0) is 32.9. The summed E-state index contributed by atoms with van der Waals surface area (Å²) < 4.78 is 0. The summed E-state index contributed by atoms with van der Waals surface area (Å²) in [6.07, 6.45) is 17.2. The van der Waals surface area contributed by atoms with Gasteiger partial charge in [-0.15, -0.1) is 0 Å². The first-order chi connectivity index (χ1) is 23.5. The summed E-state index contributed by atoms with van der Waals surface area (Å²) in [7, 11) is 0. The van der Waals surface area contributed by atoms with Crippen molar-refractivity contribution in [3.8, 4) is 22.3 Å². The average molecular weight is 621 g/mol.